The molecule has 4 rings (SSSR count). The van der Waals surface area contributed by atoms with Gasteiger partial charge < -0.3 is 15.5 Å². The first-order valence-electron chi connectivity index (χ1n) is 10.7. The van der Waals surface area contributed by atoms with Crippen LogP contribution in [0.3, 0.4) is 0 Å². The smallest absolute Gasteiger partial charge is 0.248 e. The van der Waals surface area contributed by atoms with Crippen molar-refractivity contribution in [2.75, 3.05) is 29.5 Å². The van der Waals surface area contributed by atoms with E-state index in [9.17, 15) is 8.42 Å². The van der Waals surface area contributed by atoms with E-state index >= 15 is 0 Å². The maximum absolute atomic E-state index is 12.1. The fourth-order valence-corrected chi connectivity index (χ4v) is 3.98. The van der Waals surface area contributed by atoms with Gasteiger partial charge in [0.1, 0.15) is 11.6 Å². The Hall–Kier alpha value is -3.05. The summed E-state index contributed by atoms with van der Waals surface area (Å²) in [7, 11) is -2.04. The normalized spacial score (nSPS) is 19.7. The number of anilines is 2. The minimum absolute atomic E-state index is 0.241. The van der Waals surface area contributed by atoms with Gasteiger partial charge in [-0.05, 0) is 61.4 Å². The van der Waals surface area contributed by atoms with E-state index in [1.807, 2.05) is 19.1 Å². The van der Waals surface area contributed by atoms with Crippen LogP contribution in [-0.2, 0) is 22.0 Å². The molecular weight excluding hydrogens is 442 g/mol. The summed E-state index contributed by atoms with van der Waals surface area (Å²) >= 11 is 0. The van der Waals surface area contributed by atoms with E-state index < -0.39 is 15.6 Å². The summed E-state index contributed by atoms with van der Waals surface area (Å²) < 4.78 is 31.3. The highest BCUT2D eigenvalue weighted by Gasteiger charge is 2.32. The number of sulfonamides is 1. The van der Waals surface area contributed by atoms with Gasteiger partial charge >= 0.3 is 0 Å². The van der Waals surface area contributed by atoms with Gasteiger partial charge in [0.05, 0.1) is 11.8 Å². The van der Waals surface area contributed by atoms with Gasteiger partial charge in [-0.15, -0.1) is 10.2 Å². The average molecular weight is 472 g/mol. The SMILES string of the molecule is CC1CC1CNc1cc(-c2nnc(C(C)(N)Cc3ccncc3)o2)cc(N(C)S(C)(=O)=O)n1. The molecule has 11 heteroatoms. The second-order valence-corrected chi connectivity index (χ2v) is 11.1. The first-order valence-corrected chi connectivity index (χ1v) is 12.6. The Kier molecular flexibility index (Phi) is 6.10. The van der Waals surface area contributed by atoms with E-state index in [1.54, 1.807) is 24.5 Å². The highest BCUT2D eigenvalue weighted by Crippen LogP contribution is 2.38. The zero-order chi connectivity index (χ0) is 23.8. The summed E-state index contributed by atoms with van der Waals surface area (Å²) in [4.78, 5) is 8.50. The second kappa shape index (κ2) is 8.71. The van der Waals surface area contributed by atoms with E-state index in [-0.39, 0.29) is 17.6 Å². The molecule has 1 saturated carbocycles. The van der Waals surface area contributed by atoms with Crippen LogP contribution >= 0.6 is 0 Å². The van der Waals surface area contributed by atoms with Crippen LogP contribution < -0.4 is 15.4 Å². The number of nitrogens with two attached hydrogens (primary N) is 1. The number of hydrogen-bond donors (Lipinski definition) is 2. The third-order valence-electron chi connectivity index (χ3n) is 5.93. The molecule has 0 aliphatic heterocycles. The van der Waals surface area contributed by atoms with Crippen LogP contribution in [0.5, 0.6) is 0 Å². The first kappa shape index (κ1) is 23.1. The van der Waals surface area contributed by atoms with Crippen molar-refractivity contribution in [3.05, 3.63) is 48.1 Å². The van der Waals surface area contributed by atoms with E-state index in [4.69, 9.17) is 10.2 Å². The van der Waals surface area contributed by atoms with Crippen molar-refractivity contribution in [3.63, 3.8) is 0 Å². The molecule has 3 unspecified atom stereocenters. The Balaban J connectivity index is 1.63. The lowest BCUT2D eigenvalue weighted by Gasteiger charge is -2.20. The molecule has 0 spiro atoms. The van der Waals surface area contributed by atoms with Crippen molar-refractivity contribution in [3.8, 4) is 11.5 Å². The molecule has 3 heterocycles. The van der Waals surface area contributed by atoms with Crippen molar-refractivity contribution < 1.29 is 12.8 Å². The summed E-state index contributed by atoms with van der Waals surface area (Å²) in [6, 6.07) is 7.16. The Morgan fingerprint density at radius 3 is 2.61 bits per heavy atom. The van der Waals surface area contributed by atoms with Gasteiger partial charge in [0.2, 0.25) is 21.8 Å². The lowest BCUT2D eigenvalue weighted by atomic mass is 9.94. The van der Waals surface area contributed by atoms with Crippen LogP contribution in [0.15, 0.2) is 41.1 Å². The predicted octanol–water partition coefficient (Wildman–Crippen LogP) is 2.41. The molecule has 3 aromatic rings. The fourth-order valence-electron chi connectivity index (χ4n) is 3.55. The number of hydrogen-bond acceptors (Lipinski definition) is 9. The molecule has 0 saturated heterocycles. The van der Waals surface area contributed by atoms with Crippen LogP contribution in [0.2, 0.25) is 0 Å². The number of aromatic nitrogens is 4. The summed E-state index contributed by atoms with van der Waals surface area (Å²) in [6.07, 6.45) is 6.20. The van der Waals surface area contributed by atoms with Crippen LogP contribution in [0.1, 0.15) is 31.7 Å². The zero-order valence-corrected chi connectivity index (χ0v) is 20.0. The van der Waals surface area contributed by atoms with Crippen molar-refractivity contribution in [1.29, 1.82) is 0 Å². The standard InChI is InChI=1S/C22H29N7O3S/c1-14-9-17(14)13-25-18-10-16(11-19(26-18)29(3)33(4,30)31)20-27-28-21(32-20)22(2,23)12-15-5-7-24-8-6-15/h5-8,10-11,14,17H,9,12-13,23H2,1-4H3,(H,25,26). The Bertz CT molecular complexity index is 1230. The number of nitrogens with one attached hydrogen (secondary N) is 1. The second-order valence-electron chi connectivity index (χ2n) is 9.05. The van der Waals surface area contributed by atoms with E-state index in [1.165, 1.54) is 13.5 Å². The van der Waals surface area contributed by atoms with E-state index in [2.05, 4.69) is 32.4 Å². The largest absolute Gasteiger partial charge is 0.419 e. The molecule has 0 bridgehead atoms. The lowest BCUT2D eigenvalue weighted by Crippen LogP contribution is -2.35. The number of rotatable bonds is 9. The summed E-state index contributed by atoms with van der Waals surface area (Å²) in [6.45, 7) is 4.79. The van der Waals surface area contributed by atoms with Crippen LogP contribution in [0.25, 0.3) is 11.5 Å². The topological polar surface area (TPSA) is 140 Å². The highest BCUT2D eigenvalue weighted by atomic mass is 32.2. The molecule has 0 radical (unpaired) electrons. The molecule has 33 heavy (non-hydrogen) atoms. The molecule has 10 nitrogen and oxygen atoms in total. The zero-order valence-electron chi connectivity index (χ0n) is 19.2. The van der Waals surface area contributed by atoms with Gasteiger partial charge in [-0.3, -0.25) is 9.29 Å². The molecule has 0 amide bonds. The van der Waals surface area contributed by atoms with Crippen LogP contribution in [0, 0.1) is 11.8 Å². The van der Waals surface area contributed by atoms with Gasteiger partial charge in [-0.2, -0.15) is 0 Å². The van der Waals surface area contributed by atoms with Crippen LogP contribution in [0.4, 0.5) is 11.6 Å². The summed E-state index contributed by atoms with van der Waals surface area (Å²) in [5, 5.41) is 11.7. The maximum Gasteiger partial charge on any atom is 0.248 e. The monoisotopic (exact) mass is 471 g/mol. The lowest BCUT2D eigenvalue weighted by molar-refractivity contribution is 0.355. The van der Waals surface area contributed by atoms with Gasteiger partial charge in [-0.1, -0.05) is 6.92 Å². The van der Waals surface area contributed by atoms with Crippen molar-refractivity contribution in [1.82, 2.24) is 20.2 Å². The van der Waals surface area contributed by atoms with Gasteiger partial charge in [0, 0.05) is 31.5 Å². The Labute approximate surface area is 193 Å². The van der Waals surface area contributed by atoms with Crippen molar-refractivity contribution >= 4 is 21.7 Å². The molecule has 3 atom stereocenters. The predicted molar refractivity (Wildman–Crippen MR) is 126 cm³/mol. The quantitative estimate of drug-likeness (QED) is 0.481. The van der Waals surface area contributed by atoms with Gasteiger partial charge in [-0.25, -0.2) is 13.4 Å². The van der Waals surface area contributed by atoms with Gasteiger partial charge in [0.25, 0.3) is 0 Å². The molecule has 1 aliphatic carbocycles. The first-order chi connectivity index (χ1) is 15.5. The summed E-state index contributed by atoms with van der Waals surface area (Å²) in [5.74, 6) is 2.60. The average Bonchev–Trinajstić information content (AvgIpc) is 3.23. The molecule has 3 aromatic heterocycles. The minimum Gasteiger partial charge on any atom is -0.419 e. The third kappa shape index (κ3) is 5.48. The van der Waals surface area contributed by atoms with Gasteiger partial charge in [0.15, 0.2) is 0 Å². The van der Waals surface area contributed by atoms with Crippen LogP contribution in [-0.4, -0.2) is 48.4 Å². The fraction of sp³-hybridized carbons (Fsp3) is 0.455. The molecule has 0 aromatic carbocycles. The Morgan fingerprint density at radius 2 is 1.97 bits per heavy atom. The molecule has 176 valence electrons. The molecule has 3 N–H and O–H groups in total. The third-order valence-corrected chi connectivity index (χ3v) is 7.12. The maximum atomic E-state index is 12.1. The molecular formula is C22H29N7O3S. The van der Waals surface area contributed by atoms with E-state index in [0.717, 1.165) is 22.7 Å². The van der Waals surface area contributed by atoms with Crippen molar-refractivity contribution in [2.24, 2.45) is 17.6 Å². The summed E-state index contributed by atoms with van der Waals surface area (Å²) in [5.41, 5.74) is 7.16. The van der Waals surface area contributed by atoms with E-state index in [0.29, 0.717) is 29.6 Å². The Morgan fingerprint density at radius 1 is 1.27 bits per heavy atom. The number of pyridine rings is 2. The molecule has 1 fully saturated rings. The van der Waals surface area contributed by atoms with Crippen molar-refractivity contribution in [2.45, 2.75) is 32.2 Å². The molecule has 1 aliphatic rings. The minimum atomic E-state index is -3.50. The highest BCUT2D eigenvalue weighted by molar-refractivity contribution is 7.92. The number of nitrogens with zero attached hydrogens (tertiary/aromatic N) is 5.